The summed E-state index contributed by atoms with van der Waals surface area (Å²) in [6.07, 6.45) is 3.13. The molecule has 1 unspecified atom stereocenters. The number of nitrogens with zero attached hydrogens (tertiary/aromatic N) is 2. The standard InChI is InChI=1S/C25H17N3O3/c26-13-20-24(22-6-3-9-30-22)19-11-17(21(29)12-23(19)31-25(20)27)14-28-18-8-7-15-4-1-2-5-16(15)10-18/h1-12,14,24,29H,27H2. The van der Waals surface area contributed by atoms with Crippen LogP contribution in [0.3, 0.4) is 0 Å². The molecule has 6 nitrogen and oxygen atoms in total. The lowest BCUT2D eigenvalue weighted by atomic mass is 9.86. The van der Waals surface area contributed by atoms with Gasteiger partial charge in [0.1, 0.15) is 28.9 Å². The number of nitriles is 1. The molecular weight excluding hydrogens is 390 g/mol. The number of rotatable bonds is 3. The highest BCUT2D eigenvalue weighted by Crippen LogP contribution is 2.44. The van der Waals surface area contributed by atoms with Crippen LogP contribution in [0.15, 0.2) is 93.9 Å². The second-order valence-electron chi connectivity index (χ2n) is 7.18. The fraction of sp³-hybridized carbons (Fsp3) is 0.0400. The van der Waals surface area contributed by atoms with Gasteiger partial charge in [-0.2, -0.15) is 5.26 Å². The van der Waals surface area contributed by atoms with Crippen molar-refractivity contribution in [1.82, 2.24) is 0 Å². The molecular formula is C25H17N3O3. The van der Waals surface area contributed by atoms with E-state index in [0.717, 1.165) is 16.5 Å². The molecule has 3 aromatic carbocycles. The Labute approximate surface area is 178 Å². The molecule has 0 fully saturated rings. The van der Waals surface area contributed by atoms with Crippen molar-refractivity contribution >= 4 is 22.7 Å². The molecule has 6 heteroatoms. The minimum atomic E-state index is -0.530. The highest BCUT2D eigenvalue weighted by molar-refractivity contribution is 5.89. The number of aromatic hydroxyl groups is 1. The number of allylic oxidation sites excluding steroid dienone is 1. The number of fused-ring (bicyclic) bond motifs is 2. The monoisotopic (exact) mass is 407 g/mol. The first kappa shape index (κ1) is 18.5. The van der Waals surface area contributed by atoms with E-state index in [-0.39, 0.29) is 17.2 Å². The average Bonchev–Trinajstić information content (AvgIpc) is 3.31. The Morgan fingerprint density at radius 1 is 1.03 bits per heavy atom. The van der Waals surface area contributed by atoms with Gasteiger partial charge in [0.05, 0.1) is 17.9 Å². The van der Waals surface area contributed by atoms with Crippen LogP contribution in [0.2, 0.25) is 0 Å². The number of furan rings is 1. The number of hydrogen-bond donors (Lipinski definition) is 2. The van der Waals surface area contributed by atoms with E-state index in [0.29, 0.717) is 22.6 Å². The molecule has 0 saturated heterocycles. The summed E-state index contributed by atoms with van der Waals surface area (Å²) in [7, 11) is 0. The van der Waals surface area contributed by atoms with E-state index in [9.17, 15) is 10.4 Å². The van der Waals surface area contributed by atoms with Crippen LogP contribution >= 0.6 is 0 Å². The molecule has 150 valence electrons. The number of benzene rings is 3. The lowest BCUT2D eigenvalue weighted by Gasteiger charge is -2.25. The lowest BCUT2D eigenvalue weighted by molar-refractivity contribution is 0.379. The third-order valence-electron chi connectivity index (χ3n) is 5.28. The maximum absolute atomic E-state index is 10.5. The van der Waals surface area contributed by atoms with Crippen molar-refractivity contribution in [2.75, 3.05) is 0 Å². The molecule has 0 spiro atoms. The maximum Gasteiger partial charge on any atom is 0.205 e. The molecule has 1 atom stereocenters. The smallest absolute Gasteiger partial charge is 0.205 e. The molecule has 0 radical (unpaired) electrons. The third kappa shape index (κ3) is 3.28. The van der Waals surface area contributed by atoms with E-state index >= 15 is 0 Å². The highest BCUT2D eigenvalue weighted by Gasteiger charge is 2.33. The molecule has 1 aliphatic heterocycles. The van der Waals surface area contributed by atoms with Gasteiger partial charge in [-0.05, 0) is 41.1 Å². The van der Waals surface area contributed by atoms with Crippen molar-refractivity contribution in [2.24, 2.45) is 10.7 Å². The normalized spacial score (nSPS) is 15.6. The summed E-state index contributed by atoms with van der Waals surface area (Å²) in [6, 6.07) is 22.8. The van der Waals surface area contributed by atoms with Crippen molar-refractivity contribution in [3.05, 3.63) is 101 Å². The van der Waals surface area contributed by atoms with Crippen LogP contribution in [0.4, 0.5) is 5.69 Å². The van der Waals surface area contributed by atoms with Gasteiger partial charge in [-0.25, -0.2) is 0 Å². The summed E-state index contributed by atoms with van der Waals surface area (Å²) in [6.45, 7) is 0. The Hall–Kier alpha value is -4.50. The number of nitrogens with two attached hydrogens (primary N) is 1. The molecule has 5 rings (SSSR count). The zero-order chi connectivity index (χ0) is 21.4. The van der Waals surface area contributed by atoms with Gasteiger partial charge in [0.25, 0.3) is 0 Å². The van der Waals surface area contributed by atoms with Crippen LogP contribution in [-0.4, -0.2) is 11.3 Å². The van der Waals surface area contributed by atoms with E-state index in [1.165, 1.54) is 12.3 Å². The average molecular weight is 407 g/mol. The Morgan fingerprint density at radius 2 is 1.87 bits per heavy atom. The van der Waals surface area contributed by atoms with Gasteiger partial charge >= 0.3 is 0 Å². The van der Waals surface area contributed by atoms with Gasteiger partial charge in [0, 0.05) is 23.4 Å². The van der Waals surface area contributed by atoms with E-state index in [1.54, 1.807) is 24.4 Å². The van der Waals surface area contributed by atoms with Crippen molar-refractivity contribution in [3.63, 3.8) is 0 Å². The second-order valence-corrected chi connectivity index (χ2v) is 7.18. The fourth-order valence-electron chi connectivity index (χ4n) is 3.76. The maximum atomic E-state index is 10.5. The summed E-state index contributed by atoms with van der Waals surface area (Å²) in [5.74, 6) is 0.394. The van der Waals surface area contributed by atoms with Gasteiger partial charge < -0.3 is 20.0 Å². The molecule has 4 aromatic rings. The Balaban J connectivity index is 1.57. The molecule has 0 aliphatic carbocycles. The molecule has 1 aromatic heterocycles. The number of phenols is 1. The van der Waals surface area contributed by atoms with Crippen molar-refractivity contribution in [2.45, 2.75) is 5.92 Å². The van der Waals surface area contributed by atoms with Crippen LogP contribution < -0.4 is 10.5 Å². The number of aliphatic imine (C=N–C) groups is 1. The molecule has 1 aliphatic rings. The van der Waals surface area contributed by atoms with Crippen LogP contribution in [0.5, 0.6) is 11.5 Å². The second kappa shape index (κ2) is 7.39. The molecule has 31 heavy (non-hydrogen) atoms. The summed E-state index contributed by atoms with van der Waals surface area (Å²) in [4.78, 5) is 4.53. The van der Waals surface area contributed by atoms with Crippen molar-refractivity contribution in [1.29, 1.82) is 5.26 Å². The SMILES string of the molecule is N#CC1=C(N)Oc2cc(O)c(C=Nc3ccc4ccccc4c3)cc2C1c1ccco1. The number of phenolic OH excluding ortho intramolecular Hbond substituents is 1. The zero-order valence-electron chi connectivity index (χ0n) is 16.3. The fourth-order valence-corrected chi connectivity index (χ4v) is 3.76. The molecule has 0 bridgehead atoms. The predicted octanol–water partition coefficient (Wildman–Crippen LogP) is 5.11. The molecule has 0 saturated carbocycles. The minimum absolute atomic E-state index is 0.00492. The van der Waals surface area contributed by atoms with Crippen LogP contribution in [0.1, 0.15) is 22.8 Å². The van der Waals surface area contributed by atoms with Gasteiger partial charge in [-0.15, -0.1) is 0 Å². The summed E-state index contributed by atoms with van der Waals surface area (Å²) < 4.78 is 11.2. The van der Waals surface area contributed by atoms with Crippen molar-refractivity contribution < 1.29 is 14.3 Å². The van der Waals surface area contributed by atoms with Gasteiger partial charge in [-0.1, -0.05) is 30.3 Å². The van der Waals surface area contributed by atoms with Gasteiger partial charge in [0.2, 0.25) is 5.88 Å². The summed E-state index contributed by atoms with van der Waals surface area (Å²) in [5, 5.41) is 22.4. The predicted molar refractivity (Wildman–Crippen MR) is 117 cm³/mol. The Kier molecular flexibility index (Phi) is 4.42. The minimum Gasteiger partial charge on any atom is -0.507 e. The quantitative estimate of drug-likeness (QED) is 0.459. The van der Waals surface area contributed by atoms with Gasteiger partial charge in [-0.3, -0.25) is 4.99 Å². The van der Waals surface area contributed by atoms with Crippen LogP contribution in [0.25, 0.3) is 10.8 Å². The molecule has 0 amide bonds. The number of hydrogen-bond acceptors (Lipinski definition) is 6. The zero-order valence-corrected chi connectivity index (χ0v) is 16.3. The van der Waals surface area contributed by atoms with E-state index in [2.05, 4.69) is 11.1 Å². The highest BCUT2D eigenvalue weighted by atomic mass is 16.5. The van der Waals surface area contributed by atoms with E-state index < -0.39 is 5.92 Å². The first-order chi connectivity index (χ1) is 15.1. The van der Waals surface area contributed by atoms with Gasteiger partial charge in [0.15, 0.2) is 0 Å². The van der Waals surface area contributed by atoms with Crippen molar-refractivity contribution in [3.8, 4) is 17.6 Å². The third-order valence-corrected chi connectivity index (χ3v) is 5.28. The largest absolute Gasteiger partial charge is 0.507 e. The van der Waals surface area contributed by atoms with E-state index in [1.807, 2.05) is 42.5 Å². The van der Waals surface area contributed by atoms with E-state index in [4.69, 9.17) is 14.9 Å². The first-order valence-corrected chi connectivity index (χ1v) is 9.65. The summed E-state index contributed by atoms with van der Waals surface area (Å²) >= 11 is 0. The Bertz CT molecular complexity index is 1400. The number of ether oxygens (including phenoxy) is 1. The van der Waals surface area contributed by atoms with Crippen LogP contribution in [-0.2, 0) is 0 Å². The lowest BCUT2D eigenvalue weighted by Crippen LogP contribution is -2.21. The first-order valence-electron chi connectivity index (χ1n) is 9.65. The Morgan fingerprint density at radius 3 is 2.65 bits per heavy atom. The molecule has 2 heterocycles. The topological polar surface area (TPSA) is 105 Å². The van der Waals surface area contributed by atoms with Crippen LogP contribution in [0, 0.1) is 11.3 Å². The summed E-state index contributed by atoms with van der Waals surface area (Å²) in [5.41, 5.74) is 8.13. The molecule has 3 N–H and O–H groups in total.